The number of nitrogens with zero attached hydrogens (tertiary/aromatic N) is 1. The van der Waals surface area contributed by atoms with Gasteiger partial charge in [0.2, 0.25) is 0 Å². The molecule has 4 aliphatic rings. The SMILES string of the molecule is COc1ccc2c(c1O)[C@]13CCN(C)[C@@H](C2)[C@]12CCC(=O)[C@H]3/C(=C/c1ccccc1)C2. The first-order valence-electron chi connectivity index (χ1n) is 11.4. The highest BCUT2D eigenvalue weighted by atomic mass is 16.5. The molecule has 4 bridgehead atoms. The van der Waals surface area contributed by atoms with Crippen molar-refractivity contribution >= 4 is 11.9 Å². The number of phenolic OH excluding ortho intramolecular Hbond substituents is 1. The molecule has 1 aliphatic heterocycles. The zero-order valence-corrected chi connectivity index (χ0v) is 18.2. The molecule has 0 amide bonds. The smallest absolute Gasteiger partial charge is 0.161 e. The van der Waals surface area contributed by atoms with E-state index in [9.17, 15) is 9.90 Å². The van der Waals surface area contributed by atoms with Gasteiger partial charge in [0.05, 0.1) is 7.11 Å². The highest BCUT2D eigenvalue weighted by Gasteiger charge is 2.73. The molecule has 4 atom stereocenters. The lowest BCUT2D eigenvalue weighted by Crippen LogP contribution is -2.67. The number of fused-ring (bicyclic) bond motifs is 1. The van der Waals surface area contributed by atoms with Gasteiger partial charge in [0.25, 0.3) is 0 Å². The lowest BCUT2D eigenvalue weighted by molar-refractivity contribution is -0.138. The summed E-state index contributed by atoms with van der Waals surface area (Å²) >= 11 is 0. The lowest BCUT2D eigenvalue weighted by atomic mass is 9.44. The molecule has 4 nitrogen and oxygen atoms in total. The summed E-state index contributed by atoms with van der Waals surface area (Å²) < 4.78 is 5.52. The minimum atomic E-state index is -0.341. The number of rotatable bonds is 2. The van der Waals surface area contributed by atoms with Gasteiger partial charge in [-0.1, -0.05) is 48.0 Å². The fourth-order valence-electron chi connectivity index (χ4n) is 7.84. The van der Waals surface area contributed by atoms with Gasteiger partial charge in [-0.15, -0.1) is 0 Å². The van der Waals surface area contributed by atoms with E-state index in [0.717, 1.165) is 43.4 Å². The van der Waals surface area contributed by atoms with E-state index in [1.807, 2.05) is 12.1 Å². The van der Waals surface area contributed by atoms with Crippen molar-refractivity contribution in [3.8, 4) is 11.5 Å². The van der Waals surface area contributed by atoms with Crippen LogP contribution in [0.3, 0.4) is 0 Å². The molecule has 4 heteroatoms. The maximum Gasteiger partial charge on any atom is 0.161 e. The van der Waals surface area contributed by atoms with Crippen LogP contribution in [0.4, 0.5) is 0 Å². The average molecular weight is 416 g/mol. The molecule has 2 saturated carbocycles. The molecule has 3 aliphatic carbocycles. The number of aromatic hydroxyl groups is 1. The van der Waals surface area contributed by atoms with Gasteiger partial charge in [-0.25, -0.2) is 0 Å². The Kier molecular flexibility index (Phi) is 3.98. The zero-order valence-electron chi connectivity index (χ0n) is 18.2. The first kappa shape index (κ1) is 19.1. The fourth-order valence-corrected chi connectivity index (χ4v) is 7.84. The zero-order chi connectivity index (χ0) is 21.4. The molecular weight excluding hydrogens is 386 g/mol. The Bertz CT molecular complexity index is 1110. The number of carbonyl (C=O) groups excluding carboxylic acids is 1. The van der Waals surface area contributed by atoms with E-state index >= 15 is 0 Å². The molecule has 0 spiro atoms. The third-order valence-electron chi connectivity index (χ3n) is 8.90. The van der Waals surface area contributed by atoms with E-state index in [4.69, 9.17) is 4.74 Å². The Morgan fingerprint density at radius 2 is 1.97 bits per heavy atom. The van der Waals surface area contributed by atoms with Crippen LogP contribution in [0.5, 0.6) is 11.5 Å². The molecule has 2 aromatic carbocycles. The van der Waals surface area contributed by atoms with Crippen LogP contribution in [-0.2, 0) is 16.6 Å². The quantitative estimate of drug-likeness (QED) is 0.792. The first-order valence-corrected chi connectivity index (χ1v) is 11.4. The minimum absolute atomic E-state index is 0.0178. The Labute approximate surface area is 183 Å². The number of likely N-dealkylation sites (N-methyl/N-ethyl adjacent to an activating group) is 1. The van der Waals surface area contributed by atoms with Crippen LogP contribution in [0.25, 0.3) is 6.08 Å². The number of Topliss-reactive ketones (excluding diaryl/α,β-unsaturated/α-hetero) is 1. The molecule has 31 heavy (non-hydrogen) atoms. The van der Waals surface area contributed by atoms with Crippen molar-refractivity contribution in [2.75, 3.05) is 20.7 Å². The van der Waals surface area contributed by atoms with Gasteiger partial charge in [0.15, 0.2) is 11.5 Å². The van der Waals surface area contributed by atoms with Gasteiger partial charge in [-0.2, -0.15) is 0 Å². The van der Waals surface area contributed by atoms with E-state index in [-0.39, 0.29) is 22.5 Å². The summed E-state index contributed by atoms with van der Waals surface area (Å²) in [6.07, 6.45) is 6.56. The predicted octanol–water partition coefficient (Wildman–Crippen LogP) is 4.35. The summed E-state index contributed by atoms with van der Waals surface area (Å²) in [6.45, 7) is 0.949. The van der Waals surface area contributed by atoms with E-state index in [2.05, 4.69) is 48.4 Å². The number of carbonyl (C=O) groups is 1. The summed E-state index contributed by atoms with van der Waals surface area (Å²) in [4.78, 5) is 16.1. The van der Waals surface area contributed by atoms with Crippen LogP contribution in [0.1, 0.15) is 42.4 Å². The van der Waals surface area contributed by atoms with Crippen molar-refractivity contribution in [3.05, 3.63) is 64.7 Å². The molecule has 2 aromatic rings. The molecule has 0 radical (unpaired) electrons. The van der Waals surface area contributed by atoms with Gasteiger partial charge < -0.3 is 14.7 Å². The second-order valence-electron chi connectivity index (χ2n) is 9.93. The third kappa shape index (κ3) is 2.26. The molecule has 1 saturated heterocycles. The summed E-state index contributed by atoms with van der Waals surface area (Å²) in [5.41, 5.74) is 4.24. The molecule has 0 unspecified atom stereocenters. The number of ketones is 1. The number of phenols is 1. The number of benzene rings is 2. The highest BCUT2D eigenvalue weighted by Crippen LogP contribution is 2.74. The topological polar surface area (TPSA) is 49.8 Å². The maximum absolute atomic E-state index is 13.6. The van der Waals surface area contributed by atoms with Crippen LogP contribution in [0.2, 0.25) is 0 Å². The highest BCUT2D eigenvalue weighted by molar-refractivity contribution is 5.91. The van der Waals surface area contributed by atoms with Crippen molar-refractivity contribution in [2.24, 2.45) is 11.3 Å². The Morgan fingerprint density at radius 1 is 1.16 bits per heavy atom. The van der Waals surface area contributed by atoms with Gasteiger partial charge in [-0.05, 0) is 56.5 Å². The number of allylic oxidation sites excluding steroid dienone is 1. The largest absolute Gasteiger partial charge is 0.504 e. The number of hydrogen-bond acceptors (Lipinski definition) is 4. The molecule has 6 rings (SSSR count). The van der Waals surface area contributed by atoms with Crippen LogP contribution < -0.4 is 4.74 Å². The van der Waals surface area contributed by atoms with E-state index in [0.29, 0.717) is 24.0 Å². The minimum Gasteiger partial charge on any atom is -0.504 e. The Hall–Kier alpha value is -2.59. The van der Waals surface area contributed by atoms with Gasteiger partial charge in [0.1, 0.15) is 5.78 Å². The number of methoxy groups -OCH3 is 1. The normalized spacial score (nSPS) is 35.0. The lowest BCUT2D eigenvalue weighted by Gasteiger charge is -2.64. The number of hydrogen-bond donors (Lipinski definition) is 1. The fraction of sp³-hybridized carbons (Fsp3) is 0.444. The molecular formula is C27H29NO3. The van der Waals surface area contributed by atoms with Crippen molar-refractivity contribution < 1.29 is 14.6 Å². The van der Waals surface area contributed by atoms with E-state index in [1.165, 1.54) is 11.1 Å². The van der Waals surface area contributed by atoms with Gasteiger partial charge in [0, 0.05) is 34.8 Å². The number of likely N-dealkylation sites (tertiary alicyclic amines) is 1. The van der Waals surface area contributed by atoms with Crippen molar-refractivity contribution in [3.63, 3.8) is 0 Å². The van der Waals surface area contributed by atoms with Crippen molar-refractivity contribution in [1.29, 1.82) is 0 Å². The standard InChI is InChI=1S/C27H29NO3/c1-28-13-12-27-23-19(14-17-6-4-3-5-7-17)16-26(27,11-10-20(23)29)22(28)15-18-8-9-21(31-2)25(30)24(18)27/h3-9,14,22-23,30H,10-13,15-16H2,1-2H3/b19-14+/t22-,23+,26+,27+/m0/s1. The third-order valence-corrected chi connectivity index (χ3v) is 8.90. The van der Waals surface area contributed by atoms with Crippen molar-refractivity contribution in [2.45, 2.75) is 43.6 Å². The molecule has 0 aromatic heterocycles. The van der Waals surface area contributed by atoms with Crippen molar-refractivity contribution in [1.82, 2.24) is 4.90 Å². The monoisotopic (exact) mass is 415 g/mol. The molecule has 1 N–H and O–H groups in total. The molecule has 3 fully saturated rings. The second-order valence-corrected chi connectivity index (χ2v) is 9.93. The number of piperidine rings is 1. The second kappa shape index (κ2) is 6.46. The predicted molar refractivity (Wildman–Crippen MR) is 120 cm³/mol. The van der Waals surface area contributed by atoms with Crippen LogP contribution in [0.15, 0.2) is 48.0 Å². The van der Waals surface area contributed by atoms with Gasteiger partial charge in [-0.3, -0.25) is 4.79 Å². The average Bonchev–Trinajstić information content (AvgIpc) is 2.98. The van der Waals surface area contributed by atoms with Gasteiger partial charge >= 0.3 is 0 Å². The van der Waals surface area contributed by atoms with Crippen LogP contribution >= 0.6 is 0 Å². The summed E-state index contributed by atoms with van der Waals surface area (Å²) in [6, 6.07) is 14.8. The first-order chi connectivity index (χ1) is 15.0. The summed E-state index contributed by atoms with van der Waals surface area (Å²) in [5, 5.41) is 11.4. The van der Waals surface area contributed by atoms with Crippen LogP contribution in [-0.4, -0.2) is 42.5 Å². The molecule has 1 heterocycles. The summed E-state index contributed by atoms with van der Waals surface area (Å²) in [7, 11) is 3.85. The number of ether oxygens (including phenoxy) is 1. The Balaban J connectivity index is 1.65. The Morgan fingerprint density at radius 3 is 2.74 bits per heavy atom. The van der Waals surface area contributed by atoms with Crippen LogP contribution in [0, 0.1) is 11.3 Å². The molecule has 160 valence electrons. The summed E-state index contributed by atoms with van der Waals surface area (Å²) in [5.74, 6) is 0.961. The van der Waals surface area contributed by atoms with E-state index < -0.39 is 0 Å². The maximum atomic E-state index is 13.6. The van der Waals surface area contributed by atoms with E-state index in [1.54, 1.807) is 7.11 Å².